The molecule has 0 saturated heterocycles. The van der Waals surface area contributed by atoms with Gasteiger partial charge in [0.25, 0.3) is 0 Å². The van der Waals surface area contributed by atoms with Crippen LogP contribution in [0.5, 0.6) is 0 Å². The fraction of sp³-hybridized carbons (Fsp3) is 0.182. The van der Waals surface area contributed by atoms with Gasteiger partial charge in [0.05, 0.1) is 5.52 Å². The quantitative estimate of drug-likeness (QED) is 0.815. The van der Waals surface area contributed by atoms with E-state index in [1.807, 2.05) is 24.3 Å². The highest BCUT2D eigenvalue weighted by Crippen LogP contribution is 2.18. The number of nitrogens with one attached hydrogen (secondary N) is 1. The number of aliphatic carboxylic acids is 1. The van der Waals surface area contributed by atoms with Crippen LogP contribution in [0.25, 0.3) is 10.9 Å². The maximum Gasteiger partial charge on any atom is 0.325 e. The van der Waals surface area contributed by atoms with Crippen LogP contribution in [0.15, 0.2) is 30.6 Å². The minimum Gasteiger partial charge on any atom is -0.480 e. The van der Waals surface area contributed by atoms with Gasteiger partial charge in [0.15, 0.2) is 0 Å². The SMILES string of the molecule is CC(Nc1ncnc2ccccc12)C(=O)O. The van der Waals surface area contributed by atoms with Gasteiger partial charge in [0.1, 0.15) is 18.2 Å². The number of carboxylic acid groups (broad SMARTS) is 1. The van der Waals surface area contributed by atoms with Crippen molar-refractivity contribution in [2.75, 3.05) is 5.32 Å². The Balaban J connectivity index is 2.41. The standard InChI is InChI=1S/C11H11N3O2/c1-7(11(15)16)14-10-8-4-2-3-5-9(8)12-6-13-10/h2-7H,1H3,(H,15,16)(H,12,13,14). The zero-order valence-corrected chi connectivity index (χ0v) is 8.71. The third kappa shape index (κ3) is 1.93. The molecule has 82 valence electrons. The molecule has 0 amide bonds. The Morgan fingerprint density at radius 3 is 2.88 bits per heavy atom. The van der Waals surface area contributed by atoms with Gasteiger partial charge in [-0.1, -0.05) is 12.1 Å². The molecule has 0 aliphatic rings. The summed E-state index contributed by atoms with van der Waals surface area (Å²) < 4.78 is 0. The van der Waals surface area contributed by atoms with Crippen molar-refractivity contribution >= 4 is 22.7 Å². The minimum atomic E-state index is -0.914. The Morgan fingerprint density at radius 2 is 2.12 bits per heavy atom. The fourth-order valence-corrected chi connectivity index (χ4v) is 1.39. The van der Waals surface area contributed by atoms with Crippen molar-refractivity contribution in [1.29, 1.82) is 0 Å². The van der Waals surface area contributed by atoms with Crippen molar-refractivity contribution in [2.45, 2.75) is 13.0 Å². The Labute approximate surface area is 92.2 Å². The first kappa shape index (κ1) is 10.4. The molecule has 0 radical (unpaired) electrons. The molecule has 2 N–H and O–H groups in total. The Hall–Kier alpha value is -2.17. The number of benzene rings is 1. The number of aromatic nitrogens is 2. The van der Waals surface area contributed by atoms with Crippen LogP contribution in [-0.2, 0) is 4.79 Å². The number of carboxylic acids is 1. The molecule has 2 aromatic rings. The zero-order valence-electron chi connectivity index (χ0n) is 8.71. The predicted octanol–water partition coefficient (Wildman–Crippen LogP) is 1.51. The number of hydrogen-bond acceptors (Lipinski definition) is 4. The summed E-state index contributed by atoms with van der Waals surface area (Å²) in [4.78, 5) is 18.9. The van der Waals surface area contributed by atoms with E-state index in [0.717, 1.165) is 10.9 Å². The lowest BCUT2D eigenvalue weighted by Crippen LogP contribution is -2.26. The summed E-state index contributed by atoms with van der Waals surface area (Å²) in [7, 11) is 0. The van der Waals surface area contributed by atoms with Crippen molar-refractivity contribution in [3.05, 3.63) is 30.6 Å². The van der Waals surface area contributed by atoms with Crippen molar-refractivity contribution in [1.82, 2.24) is 9.97 Å². The highest BCUT2D eigenvalue weighted by atomic mass is 16.4. The summed E-state index contributed by atoms with van der Waals surface area (Å²) in [6.07, 6.45) is 1.42. The van der Waals surface area contributed by atoms with E-state index in [2.05, 4.69) is 15.3 Å². The Bertz CT molecular complexity index is 522. The second-order valence-corrected chi connectivity index (χ2v) is 3.44. The van der Waals surface area contributed by atoms with Gasteiger partial charge in [0.2, 0.25) is 0 Å². The fourth-order valence-electron chi connectivity index (χ4n) is 1.39. The molecule has 0 bridgehead atoms. The van der Waals surface area contributed by atoms with Crippen LogP contribution >= 0.6 is 0 Å². The number of hydrogen-bond donors (Lipinski definition) is 2. The molecule has 0 fully saturated rings. The average Bonchev–Trinajstić information content (AvgIpc) is 2.29. The van der Waals surface area contributed by atoms with Crippen LogP contribution in [0.3, 0.4) is 0 Å². The first-order chi connectivity index (χ1) is 7.68. The van der Waals surface area contributed by atoms with Crippen LogP contribution in [0.1, 0.15) is 6.92 Å². The van der Waals surface area contributed by atoms with Crippen LogP contribution in [0.2, 0.25) is 0 Å². The number of fused-ring (bicyclic) bond motifs is 1. The normalized spacial score (nSPS) is 12.3. The van der Waals surface area contributed by atoms with Crippen molar-refractivity contribution in [3.8, 4) is 0 Å². The van der Waals surface area contributed by atoms with Gasteiger partial charge < -0.3 is 10.4 Å². The molecule has 0 spiro atoms. The Kier molecular flexibility index (Phi) is 2.68. The lowest BCUT2D eigenvalue weighted by molar-refractivity contribution is -0.137. The molecule has 1 atom stereocenters. The van der Waals surface area contributed by atoms with E-state index >= 15 is 0 Å². The molecule has 0 aliphatic heterocycles. The van der Waals surface area contributed by atoms with E-state index in [4.69, 9.17) is 5.11 Å². The molecule has 5 heteroatoms. The van der Waals surface area contributed by atoms with E-state index in [-0.39, 0.29) is 0 Å². The Morgan fingerprint density at radius 1 is 1.38 bits per heavy atom. The van der Waals surface area contributed by atoms with Gasteiger partial charge >= 0.3 is 5.97 Å². The van der Waals surface area contributed by atoms with E-state index in [1.165, 1.54) is 6.33 Å². The first-order valence-electron chi connectivity index (χ1n) is 4.87. The summed E-state index contributed by atoms with van der Waals surface area (Å²) in [5, 5.41) is 12.5. The molecular formula is C11H11N3O2. The summed E-state index contributed by atoms with van der Waals surface area (Å²) in [5.41, 5.74) is 0.789. The summed E-state index contributed by atoms with van der Waals surface area (Å²) in [5.74, 6) is -0.372. The second kappa shape index (κ2) is 4.14. The van der Waals surface area contributed by atoms with Crippen molar-refractivity contribution < 1.29 is 9.90 Å². The van der Waals surface area contributed by atoms with Crippen LogP contribution < -0.4 is 5.32 Å². The topological polar surface area (TPSA) is 75.1 Å². The first-order valence-corrected chi connectivity index (χ1v) is 4.87. The zero-order chi connectivity index (χ0) is 11.5. The number of rotatable bonds is 3. The summed E-state index contributed by atoms with van der Waals surface area (Å²) >= 11 is 0. The maximum atomic E-state index is 10.7. The third-order valence-electron chi connectivity index (χ3n) is 2.27. The van der Waals surface area contributed by atoms with Gasteiger partial charge in [-0.05, 0) is 19.1 Å². The predicted molar refractivity (Wildman–Crippen MR) is 60.3 cm³/mol. The highest BCUT2D eigenvalue weighted by molar-refractivity contribution is 5.90. The lowest BCUT2D eigenvalue weighted by Gasteiger charge is -2.11. The van der Waals surface area contributed by atoms with Gasteiger partial charge in [-0.15, -0.1) is 0 Å². The van der Waals surface area contributed by atoms with Gasteiger partial charge in [-0.2, -0.15) is 0 Å². The molecule has 0 saturated carbocycles. The maximum absolute atomic E-state index is 10.7. The van der Waals surface area contributed by atoms with E-state index in [0.29, 0.717) is 5.82 Å². The van der Waals surface area contributed by atoms with Gasteiger partial charge in [0, 0.05) is 5.39 Å². The van der Waals surface area contributed by atoms with Gasteiger partial charge in [-0.3, -0.25) is 4.79 Å². The molecule has 1 unspecified atom stereocenters. The largest absolute Gasteiger partial charge is 0.480 e. The number of carbonyl (C=O) groups is 1. The van der Waals surface area contributed by atoms with Crippen molar-refractivity contribution in [2.24, 2.45) is 0 Å². The third-order valence-corrected chi connectivity index (χ3v) is 2.27. The minimum absolute atomic E-state index is 0.542. The molecule has 5 nitrogen and oxygen atoms in total. The van der Waals surface area contributed by atoms with E-state index < -0.39 is 12.0 Å². The van der Waals surface area contributed by atoms with E-state index in [1.54, 1.807) is 6.92 Å². The summed E-state index contributed by atoms with van der Waals surface area (Å²) in [6, 6.07) is 6.76. The van der Waals surface area contributed by atoms with Gasteiger partial charge in [-0.25, -0.2) is 9.97 Å². The molecule has 0 aliphatic carbocycles. The number of para-hydroxylation sites is 1. The monoisotopic (exact) mass is 217 g/mol. The molecule has 2 rings (SSSR count). The number of nitrogens with zero attached hydrogens (tertiary/aromatic N) is 2. The van der Waals surface area contributed by atoms with Crippen molar-refractivity contribution in [3.63, 3.8) is 0 Å². The smallest absolute Gasteiger partial charge is 0.325 e. The van der Waals surface area contributed by atoms with E-state index in [9.17, 15) is 4.79 Å². The molecule has 1 aromatic carbocycles. The van der Waals surface area contributed by atoms with Crippen LogP contribution in [0.4, 0.5) is 5.82 Å². The molecule has 1 heterocycles. The molecular weight excluding hydrogens is 206 g/mol. The molecule has 1 aromatic heterocycles. The average molecular weight is 217 g/mol. The lowest BCUT2D eigenvalue weighted by atomic mass is 10.2. The highest BCUT2D eigenvalue weighted by Gasteiger charge is 2.12. The number of anilines is 1. The second-order valence-electron chi connectivity index (χ2n) is 3.44. The summed E-state index contributed by atoms with van der Waals surface area (Å²) in [6.45, 7) is 1.57. The van der Waals surface area contributed by atoms with Crippen LogP contribution in [-0.4, -0.2) is 27.1 Å². The molecule has 16 heavy (non-hydrogen) atoms. The van der Waals surface area contributed by atoms with Crippen LogP contribution in [0, 0.1) is 0 Å².